The monoisotopic (exact) mass is 440 g/mol. The molecule has 1 aliphatic heterocycles. The number of rotatable bonds is 4. The zero-order valence-corrected chi connectivity index (χ0v) is 17.9. The van der Waals surface area contributed by atoms with E-state index < -0.39 is 20.9 Å². The lowest BCUT2D eigenvalue weighted by molar-refractivity contribution is -0.00550. The smallest absolute Gasteiger partial charge is 0.200 e. The molecule has 1 saturated heterocycles. The van der Waals surface area contributed by atoms with Crippen LogP contribution in [0.25, 0.3) is 11.0 Å². The highest BCUT2D eigenvalue weighted by Crippen LogP contribution is 2.35. The first kappa shape index (κ1) is 21.2. The minimum atomic E-state index is -4.17. The third kappa shape index (κ3) is 4.09. The fourth-order valence-electron chi connectivity index (χ4n) is 3.80. The van der Waals surface area contributed by atoms with Crippen LogP contribution in [-0.2, 0) is 14.6 Å². The number of benzene rings is 2. The van der Waals surface area contributed by atoms with E-state index in [1.54, 1.807) is 18.2 Å². The Balaban J connectivity index is 1.90. The highest BCUT2D eigenvalue weighted by molar-refractivity contribution is 7.92. The maximum atomic E-state index is 13.3. The van der Waals surface area contributed by atoms with Crippen molar-refractivity contribution in [2.45, 2.75) is 36.2 Å². The van der Waals surface area contributed by atoms with Gasteiger partial charge in [0.05, 0.1) is 34.2 Å². The fourth-order valence-corrected chi connectivity index (χ4v) is 5.18. The van der Waals surface area contributed by atoms with Crippen LogP contribution < -0.4 is 4.90 Å². The van der Waals surface area contributed by atoms with Gasteiger partial charge >= 0.3 is 0 Å². The Morgan fingerprint density at radius 1 is 1.06 bits per heavy atom. The van der Waals surface area contributed by atoms with Gasteiger partial charge in [0, 0.05) is 13.1 Å². The Bertz CT molecular complexity index is 1250. The summed E-state index contributed by atoms with van der Waals surface area (Å²) in [5.41, 5.74) is 1.15. The third-order valence-corrected chi connectivity index (χ3v) is 6.99. The average Bonchev–Trinajstić information content (AvgIpc) is 2.73. The van der Waals surface area contributed by atoms with Gasteiger partial charge in [-0.15, -0.1) is 0 Å². The summed E-state index contributed by atoms with van der Waals surface area (Å²) >= 11 is 0. The molecule has 160 valence electrons. The summed E-state index contributed by atoms with van der Waals surface area (Å²) in [6.07, 6.45) is -0.196. The van der Waals surface area contributed by atoms with Crippen molar-refractivity contribution < 1.29 is 17.5 Å². The summed E-state index contributed by atoms with van der Waals surface area (Å²) in [5, 5.41) is 8.32. The van der Waals surface area contributed by atoms with Gasteiger partial charge in [0.25, 0.3) is 0 Å². The molecular formula is C22H21FN4O3S. The van der Waals surface area contributed by atoms with Crippen LogP contribution in [0.3, 0.4) is 0 Å². The van der Waals surface area contributed by atoms with E-state index in [0.29, 0.717) is 29.9 Å². The number of halogens is 1. The van der Waals surface area contributed by atoms with Crippen LogP contribution in [0.2, 0.25) is 0 Å². The van der Waals surface area contributed by atoms with E-state index in [1.807, 2.05) is 30.9 Å². The van der Waals surface area contributed by atoms with E-state index >= 15 is 0 Å². The van der Waals surface area contributed by atoms with E-state index in [-0.39, 0.29) is 22.8 Å². The van der Waals surface area contributed by atoms with Crippen LogP contribution in [0.4, 0.5) is 10.2 Å². The molecule has 1 fully saturated rings. The van der Waals surface area contributed by atoms with Crippen molar-refractivity contribution in [2.75, 3.05) is 18.0 Å². The Labute approximate surface area is 180 Å². The molecular weight excluding hydrogens is 419 g/mol. The van der Waals surface area contributed by atoms with Crippen LogP contribution in [0, 0.1) is 17.1 Å². The SMILES string of the molecule is C[C@@H]1CN(c2nc3ccccc3nc2[C@H](C#N)S(=O)(=O)c2ccc(F)cc2)C[C@H](C)O1. The number of para-hydroxylation sites is 2. The van der Waals surface area contributed by atoms with Crippen LogP contribution >= 0.6 is 0 Å². The predicted octanol–water partition coefficient (Wildman–Crippen LogP) is 3.42. The van der Waals surface area contributed by atoms with Gasteiger partial charge in [-0.1, -0.05) is 12.1 Å². The zero-order valence-electron chi connectivity index (χ0n) is 17.1. The normalized spacial score (nSPS) is 20.4. The molecule has 31 heavy (non-hydrogen) atoms. The standard InChI is InChI=1S/C22H21FN4O3S/c1-14-12-27(13-15(2)30-14)22-21(25-18-5-3-4-6-19(18)26-22)20(11-24)31(28,29)17-9-7-16(23)8-10-17/h3-10,14-15,20H,12-13H2,1-2H3/t14-,15+,20-/m0/s1. The maximum absolute atomic E-state index is 13.3. The molecule has 0 unspecified atom stereocenters. The van der Waals surface area contributed by atoms with Crippen molar-refractivity contribution in [1.82, 2.24) is 9.97 Å². The van der Waals surface area contributed by atoms with Crippen molar-refractivity contribution in [3.63, 3.8) is 0 Å². The van der Waals surface area contributed by atoms with Gasteiger partial charge in [-0.2, -0.15) is 5.26 Å². The van der Waals surface area contributed by atoms with Crippen LogP contribution in [0.15, 0.2) is 53.4 Å². The summed E-state index contributed by atoms with van der Waals surface area (Å²) < 4.78 is 45.8. The molecule has 0 N–H and O–H groups in total. The topological polar surface area (TPSA) is 96.2 Å². The second-order valence-corrected chi connectivity index (χ2v) is 9.62. The highest BCUT2D eigenvalue weighted by atomic mass is 32.2. The van der Waals surface area contributed by atoms with Crippen molar-refractivity contribution >= 4 is 26.7 Å². The van der Waals surface area contributed by atoms with Gasteiger partial charge < -0.3 is 9.64 Å². The number of morpholine rings is 1. The second-order valence-electron chi connectivity index (χ2n) is 7.59. The molecule has 2 heterocycles. The summed E-state index contributed by atoms with van der Waals surface area (Å²) in [6, 6.07) is 13.4. The van der Waals surface area contributed by atoms with E-state index in [1.165, 1.54) is 0 Å². The Morgan fingerprint density at radius 2 is 1.65 bits per heavy atom. The van der Waals surface area contributed by atoms with E-state index in [4.69, 9.17) is 9.72 Å². The van der Waals surface area contributed by atoms with Crippen molar-refractivity contribution in [3.8, 4) is 6.07 Å². The Kier molecular flexibility index (Phi) is 5.60. The van der Waals surface area contributed by atoms with E-state index in [2.05, 4.69) is 4.98 Å². The predicted molar refractivity (Wildman–Crippen MR) is 114 cm³/mol. The molecule has 0 spiro atoms. The minimum absolute atomic E-state index is 0.0619. The van der Waals surface area contributed by atoms with Gasteiger partial charge in [-0.25, -0.2) is 22.8 Å². The van der Waals surface area contributed by atoms with E-state index in [9.17, 15) is 18.1 Å². The number of nitrogens with zero attached hydrogens (tertiary/aromatic N) is 4. The molecule has 4 rings (SSSR count). The first-order valence-electron chi connectivity index (χ1n) is 9.85. The summed E-state index contributed by atoms with van der Waals surface area (Å²) in [4.78, 5) is 11.0. The van der Waals surface area contributed by atoms with Gasteiger partial charge in [-0.05, 0) is 50.2 Å². The third-order valence-electron chi connectivity index (χ3n) is 5.12. The van der Waals surface area contributed by atoms with Gasteiger partial charge in [0.1, 0.15) is 11.5 Å². The maximum Gasteiger partial charge on any atom is 0.200 e. The van der Waals surface area contributed by atoms with Crippen molar-refractivity contribution in [1.29, 1.82) is 5.26 Å². The molecule has 0 aliphatic carbocycles. The number of hydrogen-bond donors (Lipinski definition) is 0. The van der Waals surface area contributed by atoms with Crippen molar-refractivity contribution in [2.24, 2.45) is 0 Å². The van der Waals surface area contributed by atoms with Crippen LogP contribution in [0.1, 0.15) is 24.8 Å². The number of hydrogen-bond acceptors (Lipinski definition) is 7. The summed E-state index contributed by atoms with van der Waals surface area (Å²) in [7, 11) is -4.17. The molecule has 0 saturated carbocycles. The van der Waals surface area contributed by atoms with Crippen LogP contribution in [-0.4, -0.2) is 43.7 Å². The summed E-state index contributed by atoms with van der Waals surface area (Å²) in [6.45, 7) is 4.82. The molecule has 9 heteroatoms. The largest absolute Gasteiger partial charge is 0.372 e. The number of anilines is 1. The number of aromatic nitrogens is 2. The average molecular weight is 441 g/mol. The van der Waals surface area contributed by atoms with Gasteiger partial charge in [-0.3, -0.25) is 0 Å². The lowest BCUT2D eigenvalue weighted by atomic mass is 10.2. The second kappa shape index (κ2) is 8.21. The number of fused-ring (bicyclic) bond motifs is 1. The fraction of sp³-hybridized carbons (Fsp3) is 0.318. The Morgan fingerprint density at radius 3 is 2.23 bits per heavy atom. The Hall–Kier alpha value is -3.09. The lowest BCUT2D eigenvalue weighted by Crippen LogP contribution is -2.46. The molecule has 0 bridgehead atoms. The van der Waals surface area contributed by atoms with Crippen molar-refractivity contribution in [3.05, 3.63) is 60.0 Å². The number of sulfone groups is 1. The quantitative estimate of drug-likeness (QED) is 0.574. The zero-order chi connectivity index (χ0) is 22.2. The molecule has 0 amide bonds. The minimum Gasteiger partial charge on any atom is -0.372 e. The first-order valence-corrected chi connectivity index (χ1v) is 11.4. The molecule has 3 aromatic rings. The first-order chi connectivity index (χ1) is 14.8. The van der Waals surface area contributed by atoms with E-state index in [0.717, 1.165) is 24.3 Å². The number of nitriles is 1. The molecule has 1 aliphatic rings. The molecule has 7 nitrogen and oxygen atoms in total. The summed E-state index contributed by atoms with van der Waals surface area (Å²) in [5.74, 6) is -0.215. The number of ether oxygens (including phenoxy) is 1. The molecule has 3 atom stereocenters. The van der Waals surface area contributed by atoms with Crippen LogP contribution in [0.5, 0.6) is 0 Å². The van der Waals surface area contributed by atoms with Gasteiger partial charge in [0.15, 0.2) is 11.1 Å². The molecule has 1 aromatic heterocycles. The van der Waals surface area contributed by atoms with Gasteiger partial charge in [0.2, 0.25) is 9.84 Å². The lowest BCUT2D eigenvalue weighted by Gasteiger charge is -2.37. The molecule has 2 aromatic carbocycles. The molecule has 0 radical (unpaired) electrons. The highest BCUT2D eigenvalue weighted by Gasteiger charge is 2.36.